The summed E-state index contributed by atoms with van der Waals surface area (Å²) in [5.74, 6) is -0.708. The number of anilines is 1. The number of carbonyl (C=O) groups is 2. The molecule has 6 nitrogen and oxygen atoms in total. The summed E-state index contributed by atoms with van der Waals surface area (Å²) in [6, 6.07) is 16.3. The van der Waals surface area contributed by atoms with Crippen molar-refractivity contribution < 1.29 is 9.59 Å². The van der Waals surface area contributed by atoms with E-state index in [4.69, 9.17) is 5.73 Å². The highest BCUT2D eigenvalue weighted by Gasteiger charge is 2.15. The van der Waals surface area contributed by atoms with Gasteiger partial charge in [0.15, 0.2) is 0 Å². The van der Waals surface area contributed by atoms with E-state index in [0.717, 1.165) is 22.2 Å². The molecular formula is C22H24N4O2. The third-order valence-corrected chi connectivity index (χ3v) is 4.79. The van der Waals surface area contributed by atoms with E-state index in [2.05, 4.69) is 24.0 Å². The predicted molar refractivity (Wildman–Crippen MR) is 112 cm³/mol. The third-order valence-electron chi connectivity index (χ3n) is 4.79. The number of pyridine rings is 1. The number of hydrogen-bond donors (Lipinski definition) is 1. The molecular weight excluding hydrogens is 352 g/mol. The summed E-state index contributed by atoms with van der Waals surface area (Å²) >= 11 is 0. The van der Waals surface area contributed by atoms with Crippen molar-refractivity contribution in [3.8, 4) is 11.1 Å². The molecule has 2 amide bonds. The van der Waals surface area contributed by atoms with Crippen molar-refractivity contribution in [1.29, 1.82) is 0 Å². The Morgan fingerprint density at radius 2 is 1.75 bits per heavy atom. The molecule has 2 aromatic carbocycles. The smallest absolute Gasteiger partial charge is 0.242 e. The maximum absolute atomic E-state index is 12.3. The van der Waals surface area contributed by atoms with Crippen LogP contribution in [0, 0.1) is 6.92 Å². The van der Waals surface area contributed by atoms with E-state index in [1.165, 1.54) is 16.0 Å². The zero-order valence-electron chi connectivity index (χ0n) is 16.3. The number of primary amides is 1. The number of aryl methyl sites for hydroxylation is 1. The van der Waals surface area contributed by atoms with E-state index < -0.39 is 5.91 Å². The minimum Gasteiger partial charge on any atom is -0.368 e. The Labute approximate surface area is 164 Å². The molecule has 6 heteroatoms. The van der Waals surface area contributed by atoms with Gasteiger partial charge < -0.3 is 15.5 Å². The van der Waals surface area contributed by atoms with Gasteiger partial charge in [0, 0.05) is 31.4 Å². The molecule has 0 fully saturated rings. The van der Waals surface area contributed by atoms with Crippen LogP contribution in [-0.2, 0) is 9.59 Å². The van der Waals surface area contributed by atoms with Gasteiger partial charge in [-0.15, -0.1) is 0 Å². The summed E-state index contributed by atoms with van der Waals surface area (Å²) in [6.45, 7) is 2.15. The van der Waals surface area contributed by atoms with Crippen molar-refractivity contribution in [3.63, 3.8) is 0 Å². The Bertz CT molecular complexity index is 1030. The van der Waals surface area contributed by atoms with Crippen LogP contribution in [0.1, 0.15) is 5.56 Å². The first kappa shape index (κ1) is 19.4. The molecule has 0 radical (unpaired) electrons. The second kappa shape index (κ2) is 8.08. The fraction of sp³-hybridized carbons (Fsp3) is 0.227. The lowest BCUT2D eigenvalue weighted by atomic mass is 9.97. The molecule has 0 aliphatic carbocycles. The Morgan fingerprint density at radius 1 is 1.00 bits per heavy atom. The predicted octanol–water partition coefficient (Wildman–Crippen LogP) is 2.59. The van der Waals surface area contributed by atoms with Crippen LogP contribution in [0.4, 0.5) is 5.69 Å². The molecule has 3 rings (SSSR count). The number of rotatable bonds is 6. The van der Waals surface area contributed by atoms with Gasteiger partial charge in [-0.25, -0.2) is 0 Å². The van der Waals surface area contributed by atoms with Gasteiger partial charge in [-0.05, 0) is 41.8 Å². The SMILES string of the molecule is Cc1ccccc1-c1ccnc2cc(N(C)CC(=O)N(C)CC(N)=O)ccc12. The maximum Gasteiger partial charge on any atom is 0.242 e. The molecule has 0 atom stereocenters. The topological polar surface area (TPSA) is 79.5 Å². The minimum absolute atomic E-state index is 0.0915. The third kappa shape index (κ3) is 4.11. The number of benzene rings is 2. The van der Waals surface area contributed by atoms with E-state index in [1.807, 2.05) is 48.3 Å². The lowest BCUT2D eigenvalue weighted by Crippen LogP contribution is -2.40. The highest BCUT2D eigenvalue weighted by molar-refractivity contribution is 5.97. The molecule has 3 aromatic rings. The second-order valence-corrected chi connectivity index (χ2v) is 6.95. The molecule has 1 aromatic heterocycles. The van der Waals surface area contributed by atoms with Crippen LogP contribution in [0.15, 0.2) is 54.7 Å². The van der Waals surface area contributed by atoms with Crippen molar-refractivity contribution >= 4 is 28.4 Å². The number of nitrogens with two attached hydrogens (primary N) is 1. The average Bonchev–Trinajstić information content (AvgIpc) is 2.67. The summed E-state index contributed by atoms with van der Waals surface area (Å²) in [6.07, 6.45) is 1.81. The van der Waals surface area contributed by atoms with E-state index in [1.54, 1.807) is 13.2 Å². The van der Waals surface area contributed by atoms with E-state index in [0.29, 0.717) is 0 Å². The van der Waals surface area contributed by atoms with E-state index in [9.17, 15) is 9.59 Å². The first-order valence-corrected chi connectivity index (χ1v) is 9.05. The summed E-state index contributed by atoms with van der Waals surface area (Å²) < 4.78 is 0. The van der Waals surface area contributed by atoms with Crippen LogP contribution >= 0.6 is 0 Å². The molecule has 0 aliphatic heterocycles. The fourth-order valence-electron chi connectivity index (χ4n) is 3.22. The average molecular weight is 376 g/mol. The number of aromatic nitrogens is 1. The van der Waals surface area contributed by atoms with Gasteiger partial charge in [0.05, 0.1) is 18.6 Å². The summed E-state index contributed by atoms with van der Waals surface area (Å²) in [5, 5.41) is 1.06. The summed E-state index contributed by atoms with van der Waals surface area (Å²) in [7, 11) is 3.40. The second-order valence-electron chi connectivity index (χ2n) is 6.95. The standard InChI is InChI=1S/C22H24N4O2/c1-15-6-4-5-7-17(15)18-10-11-24-20-12-16(8-9-19(18)20)25(2)14-22(28)26(3)13-21(23)27/h4-12H,13-14H2,1-3H3,(H2,23,27). The van der Waals surface area contributed by atoms with Crippen LogP contribution in [0.3, 0.4) is 0 Å². The van der Waals surface area contributed by atoms with Gasteiger partial charge in [0.25, 0.3) is 0 Å². The van der Waals surface area contributed by atoms with Crippen LogP contribution < -0.4 is 10.6 Å². The van der Waals surface area contributed by atoms with Gasteiger partial charge in [-0.2, -0.15) is 0 Å². The van der Waals surface area contributed by atoms with Crippen LogP contribution in [0.25, 0.3) is 22.0 Å². The number of likely N-dealkylation sites (N-methyl/N-ethyl adjacent to an activating group) is 2. The first-order chi connectivity index (χ1) is 13.4. The molecule has 0 saturated heterocycles. The number of amides is 2. The van der Waals surface area contributed by atoms with Crippen LogP contribution in [-0.4, -0.2) is 48.9 Å². The van der Waals surface area contributed by atoms with Crippen molar-refractivity contribution in [2.75, 3.05) is 32.1 Å². The molecule has 0 unspecified atom stereocenters. The first-order valence-electron chi connectivity index (χ1n) is 9.05. The fourth-order valence-corrected chi connectivity index (χ4v) is 3.22. The van der Waals surface area contributed by atoms with Crippen molar-refractivity contribution in [3.05, 3.63) is 60.3 Å². The van der Waals surface area contributed by atoms with Crippen molar-refractivity contribution in [1.82, 2.24) is 9.88 Å². The Balaban J connectivity index is 1.88. The largest absolute Gasteiger partial charge is 0.368 e. The minimum atomic E-state index is -0.530. The highest BCUT2D eigenvalue weighted by atomic mass is 16.2. The molecule has 1 heterocycles. The highest BCUT2D eigenvalue weighted by Crippen LogP contribution is 2.31. The Kier molecular flexibility index (Phi) is 5.59. The summed E-state index contributed by atoms with van der Waals surface area (Å²) in [4.78, 5) is 30.9. The zero-order chi connectivity index (χ0) is 20.3. The molecule has 0 spiro atoms. The zero-order valence-corrected chi connectivity index (χ0v) is 16.3. The number of nitrogens with zero attached hydrogens (tertiary/aromatic N) is 3. The number of fused-ring (bicyclic) bond motifs is 1. The maximum atomic E-state index is 12.3. The van der Waals surface area contributed by atoms with Crippen molar-refractivity contribution in [2.45, 2.75) is 6.92 Å². The molecule has 0 saturated carbocycles. The van der Waals surface area contributed by atoms with Gasteiger partial charge in [0.2, 0.25) is 11.8 Å². The lowest BCUT2D eigenvalue weighted by Gasteiger charge is -2.23. The molecule has 2 N–H and O–H groups in total. The lowest BCUT2D eigenvalue weighted by molar-refractivity contribution is -0.132. The van der Waals surface area contributed by atoms with Gasteiger partial charge in [-0.3, -0.25) is 14.6 Å². The quantitative estimate of drug-likeness (QED) is 0.717. The van der Waals surface area contributed by atoms with Crippen molar-refractivity contribution in [2.24, 2.45) is 5.73 Å². The van der Waals surface area contributed by atoms with Gasteiger partial charge in [0.1, 0.15) is 0 Å². The molecule has 0 bridgehead atoms. The number of carbonyl (C=O) groups excluding carboxylic acids is 2. The van der Waals surface area contributed by atoms with Crippen LogP contribution in [0.2, 0.25) is 0 Å². The normalized spacial score (nSPS) is 10.7. The Morgan fingerprint density at radius 3 is 2.46 bits per heavy atom. The summed E-state index contributed by atoms with van der Waals surface area (Å²) in [5.41, 5.74) is 10.4. The molecule has 0 aliphatic rings. The van der Waals surface area contributed by atoms with Gasteiger partial charge in [-0.1, -0.05) is 30.3 Å². The van der Waals surface area contributed by atoms with E-state index in [-0.39, 0.29) is 19.0 Å². The van der Waals surface area contributed by atoms with Crippen LogP contribution in [0.5, 0.6) is 0 Å². The molecule has 28 heavy (non-hydrogen) atoms. The Hall–Kier alpha value is -3.41. The monoisotopic (exact) mass is 376 g/mol. The molecule has 144 valence electrons. The number of hydrogen-bond acceptors (Lipinski definition) is 4. The van der Waals surface area contributed by atoms with Gasteiger partial charge >= 0.3 is 0 Å². The van der Waals surface area contributed by atoms with E-state index >= 15 is 0 Å².